The molecule has 35 heavy (non-hydrogen) atoms. The fraction of sp³-hybridized carbons (Fsp3) is 0.120. The zero-order valence-electron chi connectivity index (χ0n) is 18.6. The summed E-state index contributed by atoms with van der Waals surface area (Å²) < 4.78 is 45.3. The number of nitrogens with one attached hydrogen (secondary N) is 2. The van der Waals surface area contributed by atoms with Crippen LogP contribution in [-0.4, -0.2) is 24.8 Å². The normalized spacial score (nSPS) is 17.9. The number of aromatic nitrogens is 1. The van der Waals surface area contributed by atoms with Crippen LogP contribution in [0.25, 0.3) is 11.3 Å². The number of sulfonamides is 1. The van der Waals surface area contributed by atoms with Gasteiger partial charge in [0.1, 0.15) is 23.4 Å². The van der Waals surface area contributed by atoms with Gasteiger partial charge in [-0.25, -0.2) is 12.8 Å². The smallest absolute Gasteiger partial charge is 0.229 e. The summed E-state index contributed by atoms with van der Waals surface area (Å²) in [4.78, 5) is 6.44. The molecule has 7 nitrogen and oxygen atoms in total. The number of thiocarbonyl (C=S) groups is 1. The Balaban J connectivity index is 1.54. The van der Waals surface area contributed by atoms with Gasteiger partial charge in [0.05, 0.1) is 18.0 Å². The van der Waals surface area contributed by atoms with Crippen LogP contribution in [0.2, 0.25) is 0 Å². The summed E-state index contributed by atoms with van der Waals surface area (Å²) >= 11 is 5.70. The van der Waals surface area contributed by atoms with Crippen LogP contribution in [0.15, 0.2) is 89.5 Å². The van der Waals surface area contributed by atoms with Gasteiger partial charge in [0.25, 0.3) is 0 Å². The van der Waals surface area contributed by atoms with E-state index in [0.29, 0.717) is 22.3 Å². The number of pyridine rings is 1. The highest BCUT2D eigenvalue weighted by Crippen LogP contribution is 2.43. The number of hydrogen-bond donors (Lipinski definition) is 2. The summed E-state index contributed by atoms with van der Waals surface area (Å²) in [5.74, 6) is 0.928. The third-order valence-electron chi connectivity index (χ3n) is 5.59. The van der Waals surface area contributed by atoms with Gasteiger partial charge in [0.2, 0.25) is 10.0 Å². The molecule has 10 heteroatoms. The molecule has 2 atom stereocenters. The summed E-state index contributed by atoms with van der Waals surface area (Å²) in [6.07, 6.45) is 2.82. The molecule has 5 rings (SSSR count). The number of hydrogen-bond acceptors (Lipinski definition) is 5. The molecule has 178 valence electrons. The van der Waals surface area contributed by atoms with E-state index in [4.69, 9.17) is 16.6 Å². The van der Waals surface area contributed by atoms with E-state index in [1.807, 2.05) is 35.2 Å². The molecule has 0 unspecified atom stereocenters. The molecule has 1 aliphatic heterocycles. The first-order valence-electron chi connectivity index (χ1n) is 10.7. The zero-order valence-corrected chi connectivity index (χ0v) is 20.2. The minimum absolute atomic E-state index is 0.301. The molecule has 0 radical (unpaired) electrons. The van der Waals surface area contributed by atoms with E-state index in [2.05, 4.69) is 15.0 Å². The van der Waals surface area contributed by atoms with E-state index in [-0.39, 0.29) is 17.9 Å². The van der Waals surface area contributed by atoms with Gasteiger partial charge in [-0.15, -0.1) is 0 Å². The van der Waals surface area contributed by atoms with Gasteiger partial charge in [-0.2, -0.15) is 0 Å². The van der Waals surface area contributed by atoms with Crippen LogP contribution in [0, 0.1) is 5.82 Å². The van der Waals surface area contributed by atoms with Gasteiger partial charge in [-0.1, -0.05) is 6.07 Å². The first-order chi connectivity index (χ1) is 16.8. The quantitative estimate of drug-likeness (QED) is 0.353. The van der Waals surface area contributed by atoms with Crippen LogP contribution in [0.5, 0.6) is 0 Å². The molecule has 2 N–H and O–H groups in total. The summed E-state index contributed by atoms with van der Waals surface area (Å²) in [6, 6.07) is 21.8. The molecule has 4 aromatic rings. The average molecular weight is 509 g/mol. The number of anilines is 2. The predicted octanol–water partition coefficient (Wildman–Crippen LogP) is 5.03. The Morgan fingerprint density at radius 1 is 1.03 bits per heavy atom. The summed E-state index contributed by atoms with van der Waals surface area (Å²) in [5, 5.41) is 3.83. The van der Waals surface area contributed by atoms with Crippen molar-refractivity contribution in [2.24, 2.45) is 0 Å². The van der Waals surface area contributed by atoms with Gasteiger partial charge in [0.15, 0.2) is 5.11 Å². The molecule has 1 saturated heterocycles. The highest BCUT2D eigenvalue weighted by molar-refractivity contribution is 7.92. The van der Waals surface area contributed by atoms with E-state index in [0.717, 1.165) is 23.2 Å². The monoisotopic (exact) mass is 508 g/mol. The zero-order chi connectivity index (χ0) is 24.6. The van der Waals surface area contributed by atoms with Crippen molar-refractivity contribution in [2.75, 3.05) is 15.9 Å². The first-order valence-corrected chi connectivity index (χ1v) is 13.0. The largest absolute Gasteiger partial charge is 0.459 e. The van der Waals surface area contributed by atoms with Crippen molar-refractivity contribution in [2.45, 2.75) is 12.1 Å². The van der Waals surface area contributed by atoms with Gasteiger partial charge in [-0.3, -0.25) is 9.71 Å². The lowest BCUT2D eigenvalue weighted by Gasteiger charge is -2.26. The van der Waals surface area contributed by atoms with E-state index in [9.17, 15) is 12.8 Å². The molecule has 2 aromatic carbocycles. The third kappa shape index (κ3) is 4.89. The number of rotatable bonds is 6. The van der Waals surface area contributed by atoms with Crippen molar-refractivity contribution in [3.63, 3.8) is 0 Å². The lowest BCUT2D eigenvalue weighted by atomic mass is 10.0. The fourth-order valence-corrected chi connectivity index (χ4v) is 5.02. The van der Waals surface area contributed by atoms with Crippen LogP contribution in [0.4, 0.5) is 15.8 Å². The van der Waals surface area contributed by atoms with Gasteiger partial charge in [-0.05, 0) is 85.0 Å². The highest BCUT2D eigenvalue weighted by Gasteiger charge is 2.42. The molecule has 0 amide bonds. The standard InChI is InChI=1S/C25H21FN4O3S2/c1-35(31,32)29-18-9-11-19(12-10-18)30-24(23(28-25(30)34)20-4-2-3-15-27-20)22-14-13-21(33-22)16-5-7-17(26)8-6-16/h2-15,23-24,29H,1H3,(H,28,34)/t23-,24+/m1/s1. The lowest BCUT2D eigenvalue weighted by Crippen LogP contribution is -2.29. The van der Waals surface area contributed by atoms with Gasteiger partial charge < -0.3 is 14.6 Å². The molecule has 1 fully saturated rings. The molecule has 2 aromatic heterocycles. The second-order valence-corrected chi connectivity index (χ2v) is 10.3. The van der Waals surface area contributed by atoms with Crippen LogP contribution < -0.4 is 14.9 Å². The second-order valence-electron chi connectivity index (χ2n) is 8.13. The van der Waals surface area contributed by atoms with Crippen molar-refractivity contribution in [1.29, 1.82) is 0 Å². The molecule has 0 spiro atoms. The predicted molar refractivity (Wildman–Crippen MR) is 137 cm³/mol. The van der Waals surface area contributed by atoms with E-state index >= 15 is 0 Å². The molecule has 1 aliphatic rings. The Labute approximate surface area is 207 Å². The first kappa shape index (κ1) is 23.0. The number of benzene rings is 2. The fourth-order valence-electron chi connectivity index (χ4n) is 4.11. The Morgan fingerprint density at radius 2 is 1.77 bits per heavy atom. The molecular weight excluding hydrogens is 487 g/mol. The molecule has 0 aliphatic carbocycles. The van der Waals surface area contributed by atoms with E-state index in [1.165, 1.54) is 12.1 Å². The maximum absolute atomic E-state index is 13.4. The van der Waals surface area contributed by atoms with Crippen LogP contribution in [0.3, 0.4) is 0 Å². The maximum atomic E-state index is 13.4. The van der Waals surface area contributed by atoms with Gasteiger partial charge >= 0.3 is 0 Å². The van der Waals surface area contributed by atoms with Crippen LogP contribution in [-0.2, 0) is 10.0 Å². The summed E-state index contributed by atoms with van der Waals surface area (Å²) in [7, 11) is -3.39. The van der Waals surface area contributed by atoms with Gasteiger partial charge in [0, 0.05) is 23.1 Å². The summed E-state index contributed by atoms with van der Waals surface area (Å²) in [5.41, 5.74) is 2.74. The van der Waals surface area contributed by atoms with Crippen LogP contribution in [0.1, 0.15) is 23.5 Å². The topological polar surface area (TPSA) is 87.5 Å². The number of furan rings is 1. The van der Waals surface area contributed by atoms with Crippen molar-refractivity contribution < 1.29 is 17.2 Å². The Hall–Kier alpha value is -3.76. The Kier molecular flexibility index (Phi) is 6.00. The van der Waals surface area contributed by atoms with Crippen molar-refractivity contribution in [1.82, 2.24) is 10.3 Å². The SMILES string of the molecule is CS(=O)(=O)Nc1ccc(N2C(=S)N[C@H](c3ccccn3)[C@@H]2c2ccc(-c3ccc(F)cc3)o2)cc1. The number of nitrogens with zero attached hydrogens (tertiary/aromatic N) is 2. The Bertz CT molecular complexity index is 1460. The van der Waals surface area contributed by atoms with Crippen molar-refractivity contribution in [3.05, 3.63) is 102 Å². The minimum atomic E-state index is -3.39. The lowest BCUT2D eigenvalue weighted by molar-refractivity contribution is 0.439. The number of halogens is 1. The molecule has 0 bridgehead atoms. The maximum Gasteiger partial charge on any atom is 0.229 e. The average Bonchev–Trinajstić information content (AvgIpc) is 3.44. The molecule has 0 saturated carbocycles. The Morgan fingerprint density at radius 3 is 2.43 bits per heavy atom. The molecular formula is C25H21FN4O3S2. The highest BCUT2D eigenvalue weighted by atomic mass is 32.2. The van der Waals surface area contributed by atoms with Crippen molar-refractivity contribution >= 4 is 38.7 Å². The minimum Gasteiger partial charge on any atom is -0.459 e. The van der Waals surface area contributed by atoms with Crippen LogP contribution >= 0.6 is 12.2 Å². The summed E-state index contributed by atoms with van der Waals surface area (Å²) in [6.45, 7) is 0. The van der Waals surface area contributed by atoms with E-state index in [1.54, 1.807) is 42.6 Å². The second kappa shape index (κ2) is 9.12. The third-order valence-corrected chi connectivity index (χ3v) is 6.51. The molecule has 3 heterocycles. The van der Waals surface area contributed by atoms with E-state index < -0.39 is 10.0 Å². The van der Waals surface area contributed by atoms with Crippen molar-refractivity contribution in [3.8, 4) is 11.3 Å².